The van der Waals surface area contributed by atoms with E-state index < -0.39 is 0 Å². The van der Waals surface area contributed by atoms with Gasteiger partial charge in [-0.3, -0.25) is 0 Å². The molecule has 1 N–H and O–H groups in total. The zero-order valence-electron chi connectivity index (χ0n) is 11.5. The minimum atomic E-state index is 0.644. The second kappa shape index (κ2) is 8.08. The van der Waals surface area contributed by atoms with E-state index in [-0.39, 0.29) is 0 Å². The van der Waals surface area contributed by atoms with Crippen LogP contribution in [0.15, 0.2) is 0 Å². The predicted octanol–water partition coefficient (Wildman–Crippen LogP) is 3.03. The van der Waals surface area contributed by atoms with Crippen LogP contribution in [-0.2, 0) is 0 Å². The van der Waals surface area contributed by atoms with Gasteiger partial charge in [-0.1, -0.05) is 33.6 Å². The largest absolute Gasteiger partial charge is 0.315 e. The van der Waals surface area contributed by atoms with Crippen LogP contribution in [0.4, 0.5) is 0 Å². The second-order valence-corrected chi connectivity index (χ2v) is 5.38. The third-order valence-electron chi connectivity index (χ3n) is 3.39. The van der Waals surface area contributed by atoms with Gasteiger partial charge in [-0.05, 0) is 45.3 Å². The van der Waals surface area contributed by atoms with Crippen molar-refractivity contribution in [3.05, 3.63) is 0 Å². The van der Waals surface area contributed by atoms with Crippen molar-refractivity contribution >= 4 is 0 Å². The van der Waals surface area contributed by atoms with Gasteiger partial charge in [0.2, 0.25) is 0 Å². The van der Waals surface area contributed by atoms with Crippen molar-refractivity contribution in [1.29, 1.82) is 0 Å². The number of rotatable bonds is 10. The molecule has 0 aromatic heterocycles. The summed E-state index contributed by atoms with van der Waals surface area (Å²) >= 11 is 0. The fraction of sp³-hybridized carbons (Fsp3) is 1.00. The molecule has 0 aromatic rings. The quantitative estimate of drug-likeness (QED) is 0.576. The number of unbranched alkanes of at least 4 members (excludes halogenated alkanes) is 3. The van der Waals surface area contributed by atoms with Gasteiger partial charge < -0.3 is 10.2 Å². The molecular formula is C14H30N2. The van der Waals surface area contributed by atoms with Crippen LogP contribution in [0.25, 0.3) is 0 Å². The van der Waals surface area contributed by atoms with Crippen LogP contribution in [0.5, 0.6) is 0 Å². The Labute approximate surface area is 102 Å². The monoisotopic (exact) mass is 226 g/mol. The van der Waals surface area contributed by atoms with Crippen LogP contribution in [0, 0.1) is 0 Å². The Hall–Kier alpha value is -0.0800. The molecule has 16 heavy (non-hydrogen) atoms. The average Bonchev–Trinajstić information content (AvgIpc) is 3.05. The number of nitrogens with zero attached hydrogens (tertiary/aromatic N) is 1. The summed E-state index contributed by atoms with van der Waals surface area (Å²) in [5.74, 6) is 0. The van der Waals surface area contributed by atoms with E-state index in [1.165, 1.54) is 58.2 Å². The highest BCUT2D eigenvalue weighted by Crippen LogP contribution is 2.26. The molecule has 0 amide bonds. The summed E-state index contributed by atoms with van der Waals surface area (Å²) in [6.45, 7) is 10.5. The van der Waals surface area contributed by atoms with E-state index in [4.69, 9.17) is 0 Å². The van der Waals surface area contributed by atoms with Gasteiger partial charge >= 0.3 is 0 Å². The first-order chi connectivity index (χ1) is 7.74. The average molecular weight is 226 g/mol. The fourth-order valence-electron chi connectivity index (χ4n) is 2.22. The van der Waals surface area contributed by atoms with Crippen LogP contribution >= 0.6 is 0 Å². The predicted molar refractivity (Wildman–Crippen MR) is 71.9 cm³/mol. The van der Waals surface area contributed by atoms with Gasteiger partial charge in [-0.25, -0.2) is 0 Å². The van der Waals surface area contributed by atoms with Crippen molar-refractivity contribution in [3.8, 4) is 0 Å². The summed E-state index contributed by atoms with van der Waals surface area (Å²) in [4.78, 5) is 2.66. The Bertz CT molecular complexity index is 164. The number of nitrogens with one attached hydrogen (secondary N) is 1. The van der Waals surface area contributed by atoms with Gasteiger partial charge in [0.05, 0.1) is 0 Å². The van der Waals surface area contributed by atoms with Crippen molar-refractivity contribution < 1.29 is 0 Å². The molecule has 1 aliphatic carbocycles. The van der Waals surface area contributed by atoms with Crippen LogP contribution in [0.1, 0.15) is 59.3 Å². The Morgan fingerprint density at radius 3 is 2.38 bits per heavy atom. The topological polar surface area (TPSA) is 15.3 Å². The summed E-state index contributed by atoms with van der Waals surface area (Å²) in [6, 6.07) is 1.60. The standard InChI is InChI=1S/C14H30N2/c1-4-16(14-9-10-14)12-8-6-5-7-11-15-13(2)3/h13-15H,4-12H2,1-3H3. The minimum absolute atomic E-state index is 0.644. The Balaban J connectivity index is 1.83. The van der Waals surface area contributed by atoms with Gasteiger partial charge in [0.1, 0.15) is 0 Å². The van der Waals surface area contributed by atoms with E-state index >= 15 is 0 Å². The lowest BCUT2D eigenvalue weighted by molar-refractivity contribution is 0.270. The first kappa shape index (κ1) is 14.0. The minimum Gasteiger partial charge on any atom is -0.315 e. The summed E-state index contributed by atoms with van der Waals surface area (Å²) < 4.78 is 0. The number of hydrogen-bond donors (Lipinski definition) is 1. The maximum absolute atomic E-state index is 3.47. The van der Waals surface area contributed by atoms with Crippen LogP contribution in [0.2, 0.25) is 0 Å². The molecule has 0 unspecified atom stereocenters. The Kier molecular flexibility index (Phi) is 7.06. The van der Waals surface area contributed by atoms with Crippen molar-refractivity contribution in [2.45, 2.75) is 71.4 Å². The van der Waals surface area contributed by atoms with Gasteiger partial charge in [0.25, 0.3) is 0 Å². The summed E-state index contributed by atoms with van der Waals surface area (Å²) in [6.07, 6.45) is 8.43. The molecular weight excluding hydrogens is 196 g/mol. The van der Waals surface area contributed by atoms with E-state index in [1.54, 1.807) is 0 Å². The zero-order chi connectivity index (χ0) is 11.8. The zero-order valence-corrected chi connectivity index (χ0v) is 11.5. The normalized spacial score (nSPS) is 16.3. The first-order valence-corrected chi connectivity index (χ1v) is 7.21. The van der Waals surface area contributed by atoms with E-state index in [1.807, 2.05) is 0 Å². The second-order valence-electron chi connectivity index (χ2n) is 5.38. The maximum Gasteiger partial charge on any atom is 0.00963 e. The van der Waals surface area contributed by atoms with Gasteiger partial charge in [0, 0.05) is 12.1 Å². The first-order valence-electron chi connectivity index (χ1n) is 7.21. The van der Waals surface area contributed by atoms with Crippen LogP contribution < -0.4 is 5.32 Å². The molecule has 1 saturated carbocycles. The van der Waals surface area contributed by atoms with Crippen molar-refractivity contribution in [2.75, 3.05) is 19.6 Å². The molecule has 2 nitrogen and oxygen atoms in total. The molecule has 0 radical (unpaired) electrons. The molecule has 0 atom stereocenters. The van der Waals surface area contributed by atoms with Gasteiger partial charge in [-0.15, -0.1) is 0 Å². The number of hydrogen-bond acceptors (Lipinski definition) is 2. The molecule has 96 valence electrons. The lowest BCUT2D eigenvalue weighted by Gasteiger charge is -2.19. The van der Waals surface area contributed by atoms with Crippen molar-refractivity contribution in [2.24, 2.45) is 0 Å². The fourth-order valence-corrected chi connectivity index (χ4v) is 2.22. The highest BCUT2D eigenvalue weighted by Gasteiger charge is 2.26. The van der Waals surface area contributed by atoms with E-state index in [9.17, 15) is 0 Å². The molecule has 1 aliphatic rings. The van der Waals surface area contributed by atoms with E-state index in [0.29, 0.717) is 6.04 Å². The molecule has 0 aliphatic heterocycles. The van der Waals surface area contributed by atoms with Crippen molar-refractivity contribution in [1.82, 2.24) is 10.2 Å². The van der Waals surface area contributed by atoms with Crippen molar-refractivity contribution in [3.63, 3.8) is 0 Å². The molecule has 2 heteroatoms. The third-order valence-corrected chi connectivity index (χ3v) is 3.39. The SMILES string of the molecule is CCN(CCCCCCNC(C)C)C1CC1. The molecule has 0 spiro atoms. The van der Waals surface area contributed by atoms with E-state index in [0.717, 1.165) is 6.04 Å². The molecule has 0 heterocycles. The molecule has 1 rings (SSSR count). The summed E-state index contributed by atoms with van der Waals surface area (Å²) in [7, 11) is 0. The van der Waals surface area contributed by atoms with Gasteiger partial charge in [-0.2, -0.15) is 0 Å². The lowest BCUT2D eigenvalue weighted by atomic mass is 10.2. The van der Waals surface area contributed by atoms with Crippen LogP contribution in [0.3, 0.4) is 0 Å². The van der Waals surface area contributed by atoms with Crippen LogP contribution in [-0.4, -0.2) is 36.6 Å². The smallest absolute Gasteiger partial charge is 0.00963 e. The van der Waals surface area contributed by atoms with E-state index in [2.05, 4.69) is 31.0 Å². The summed E-state index contributed by atoms with van der Waals surface area (Å²) in [5, 5.41) is 3.47. The molecule has 0 aromatic carbocycles. The molecule has 1 fully saturated rings. The Morgan fingerprint density at radius 2 is 1.81 bits per heavy atom. The molecule has 0 saturated heterocycles. The van der Waals surface area contributed by atoms with Gasteiger partial charge in [0.15, 0.2) is 0 Å². The highest BCUT2D eigenvalue weighted by atomic mass is 15.2. The maximum atomic E-state index is 3.47. The summed E-state index contributed by atoms with van der Waals surface area (Å²) in [5.41, 5.74) is 0. The third kappa shape index (κ3) is 6.49. The molecule has 0 bridgehead atoms. The Morgan fingerprint density at radius 1 is 1.12 bits per heavy atom. The highest BCUT2D eigenvalue weighted by molar-refractivity contribution is 4.83. The lowest BCUT2D eigenvalue weighted by Crippen LogP contribution is -2.26.